The number of ether oxygens (including phenoxy) is 2. The molecule has 3 aromatic rings. The predicted molar refractivity (Wildman–Crippen MR) is 123 cm³/mol. The van der Waals surface area contributed by atoms with Crippen molar-refractivity contribution in [2.75, 3.05) is 18.5 Å². The Morgan fingerprint density at radius 2 is 1.58 bits per heavy atom. The molecule has 0 fully saturated rings. The lowest BCUT2D eigenvalue weighted by Gasteiger charge is -2.13. The van der Waals surface area contributed by atoms with Crippen LogP contribution < -0.4 is 10.8 Å². The highest BCUT2D eigenvalue weighted by molar-refractivity contribution is 5.99. The van der Waals surface area contributed by atoms with Crippen LogP contribution in [0.4, 0.5) is 5.69 Å². The second-order valence-electron chi connectivity index (χ2n) is 7.14. The van der Waals surface area contributed by atoms with Gasteiger partial charge in [0.15, 0.2) is 0 Å². The number of nitrogens with zero attached hydrogens (tertiary/aromatic N) is 1. The number of nitrogens with one attached hydrogen (secondary N) is 2. The molecule has 2 aromatic carbocycles. The average molecular weight is 450 g/mol. The summed E-state index contributed by atoms with van der Waals surface area (Å²) in [4.78, 5) is 33.0. The van der Waals surface area contributed by atoms with Crippen LogP contribution in [0.3, 0.4) is 0 Å². The monoisotopic (exact) mass is 449 g/mol. The van der Waals surface area contributed by atoms with Gasteiger partial charge < -0.3 is 14.8 Å². The van der Waals surface area contributed by atoms with E-state index in [4.69, 9.17) is 14.3 Å². The number of carbonyl (C=O) groups excluding carboxylic acids is 2. The quantitative estimate of drug-likeness (QED) is 0.247. The van der Waals surface area contributed by atoms with Crippen LogP contribution in [0.2, 0.25) is 0 Å². The molecule has 0 saturated carbocycles. The smallest absolute Gasteiger partial charge is 0.302 e. The molecule has 0 atom stereocenters. The molecule has 0 unspecified atom stereocenters. The van der Waals surface area contributed by atoms with Crippen LogP contribution in [0, 0.1) is 0 Å². The molecule has 2 N–H and O–H groups in total. The Labute approximate surface area is 192 Å². The molecule has 1 aromatic heterocycles. The molecule has 0 aliphatic rings. The summed E-state index contributed by atoms with van der Waals surface area (Å²) in [5.41, 5.74) is 6.57. The summed E-state index contributed by atoms with van der Waals surface area (Å²) in [7, 11) is 0. The first-order valence-corrected chi connectivity index (χ1v) is 10.6. The van der Waals surface area contributed by atoms with E-state index in [0.29, 0.717) is 31.0 Å². The third-order valence-corrected chi connectivity index (χ3v) is 4.71. The van der Waals surface area contributed by atoms with Crippen LogP contribution in [0.15, 0.2) is 73.1 Å². The van der Waals surface area contributed by atoms with Crippen molar-refractivity contribution in [3.05, 3.63) is 95.3 Å². The maximum Gasteiger partial charge on any atom is 0.302 e. The first kappa shape index (κ1) is 23.9. The Bertz CT molecular complexity index is 1040. The number of carbonyl (C=O) groups is 2. The van der Waals surface area contributed by atoms with E-state index in [9.17, 15) is 9.59 Å². The van der Waals surface area contributed by atoms with E-state index in [-0.39, 0.29) is 25.1 Å². The van der Waals surface area contributed by atoms with Gasteiger partial charge in [-0.1, -0.05) is 36.4 Å². The van der Waals surface area contributed by atoms with Gasteiger partial charge in [-0.15, -0.1) is 0 Å². The van der Waals surface area contributed by atoms with E-state index in [2.05, 4.69) is 15.8 Å². The number of para-hydroxylation sites is 1. The molecule has 0 aliphatic carbocycles. The Kier molecular flexibility index (Phi) is 9.38. The number of hydrogen-bond acceptors (Lipinski definition) is 7. The second kappa shape index (κ2) is 12.9. The predicted octanol–water partition coefficient (Wildman–Crippen LogP) is 3.64. The SMILES string of the molecule is CC(=O)OCCOCc1ccccc1CONC(=O)c1ccccc1NCc1ccncc1. The van der Waals surface area contributed by atoms with Crippen molar-refractivity contribution in [1.29, 1.82) is 0 Å². The Morgan fingerprint density at radius 3 is 2.33 bits per heavy atom. The number of rotatable bonds is 12. The van der Waals surface area contributed by atoms with E-state index >= 15 is 0 Å². The molecule has 1 heterocycles. The van der Waals surface area contributed by atoms with Gasteiger partial charge in [0.1, 0.15) is 13.2 Å². The minimum atomic E-state index is -0.344. The molecule has 3 rings (SSSR count). The van der Waals surface area contributed by atoms with Crippen molar-refractivity contribution in [1.82, 2.24) is 10.5 Å². The number of benzene rings is 2. The lowest BCUT2D eigenvalue weighted by atomic mass is 10.1. The van der Waals surface area contributed by atoms with Gasteiger partial charge in [-0.3, -0.25) is 19.4 Å². The molecule has 0 spiro atoms. The van der Waals surface area contributed by atoms with Crippen LogP contribution in [0.1, 0.15) is 34.0 Å². The molecule has 8 heteroatoms. The van der Waals surface area contributed by atoms with Crippen LogP contribution in [-0.2, 0) is 38.9 Å². The number of hydroxylamine groups is 1. The number of pyridine rings is 1. The van der Waals surface area contributed by atoms with Crippen molar-refractivity contribution in [3.63, 3.8) is 0 Å². The fourth-order valence-electron chi connectivity index (χ4n) is 3.03. The standard InChI is InChI=1S/C25H27N3O5/c1-19(29)32-15-14-31-17-21-6-2-3-7-22(21)18-33-28-25(30)23-8-4-5-9-24(23)27-16-20-10-12-26-13-11-20/h2-13,27H,14-18H2,1H3,(H,28,30). The van der Waals surface area contributed by atoms with Crippen LogP contribution in [0.25, 0.3) is 0 Å². The summed E-state index contributed by atoms with van der Waals surface area (Å²) >= 11 is 0. The van der Waals surface area contributed by atoms with E-state index in [1.165, 1.54) is 6.92 Å². The molecule has 1 amide bonds. The van der Waals surface area contributed by atoms with Crippen molar-refractivity contribution >= 4 is 17.6 Å². The number of anilines is 1. The summed E-state index contributed by atoms with van der Waals surface area (Å²) in [5, 5.41) is 3.28. The second-order valence-corrected chi connectivity index (χ2v) is 7.14. The summed E-state index contributed by atoms with van der Waals surface area (Å²) in [5.74, 6) is -0.680. The van der Waals surface area contributed by atoms with Crippen LogP contribution in [0.5, 0.6) is 0 Å². The summed E-state index contributed by atoms with van der Waals surface area (Å²) in [6.07, 6.45) is 3.46. The minimum Gasteiger partial charge on any atom is -0.463 e. The summed E-state index contributed by atoms with van der Waals surface area (Å²) < 4.78 is 10.4. The van der Waals surface area contributed by atoms with Crippen molar-refractivity contribution in [3.8, 4) is 0 Å². The van der Waals surface area contributed by atoms with E-state index in [1.807, 2.05) is 48.5 Å². The molecule has 8 nitrogen and oxygen atoms in total. The lowest BCUT2D eigenvalue weighted by Crippen LogP contribution is -2.25. The Morgan fingerprint density at radius 1 is 0.879 bits per heavy atom. The third-order valence-electron chi connectivity index (χ3n) is 4.71. The summed E-state index contributed by atoms with van der Waals surface area (Å²) in [6, 6.07) is 18.7. The van der Waals surface area contributed by atoms with E-state index < -0.39 is 0 Å². The van der Waals surface area contributed by atoms with Gasteiger partial charge in [-0.25, -0.2) is 5.48 Å². The van der Waals surface area contributed by atoms with Gasteiger partial charge >= 0.3 is 5.97 Å². The molecule has 0 bridgehead atoms. The van der Waals surface area contributed by atoms with Gasteiger partial charge in [0.2, 0.25) is 0 Å². The molecule has 33 heavy (non-hydrogen) atoms. The number of hydrogen-bond donors (Lipinski definition) is 2. The fourth-order valence-corrected chi connectivity index (χ4v) is 3.03. The largest absolute Gasteiger partial charge is 0.463 e. The van der Waals surface area contributed by atoms with Crippen LogP contribution in [-0.4, -0.2) is 30.1 Å². The van der Waals surface area contributed by atoms with Gasteiger partial charge in [0.05, 0.1) is 18.8 Å². The highest BCUT2D eigenvalue weighted by atomic mass is 16.6. The molecule has 0 aliphatic heterocycles. The highest BCUT2D eigenvalue weighted by Gasteiger charge is 2.11. The molecule has 0 radical (unpaired) electrons. The Hall–Kier alpha value is -3.75. The maximum absolute atomic E-state index is 12.7. The number of esters is 1. The minimum absolute atomic E-state index is 0.182. The number of amides is 1. The first-order chi connectivity index (χ1) is 16.1. The topological polar surface area (TPSA) is 98.8 Å². The lowest BCUT2D eigenvalue weighted by molar-refractivity contribution is -0.142. The van der Waals surface area contributed by atoms with Gasteiger partial charge in [-0.2, -0.15) is 0 Å². The maximum atomic E-state index is 12.7. The molecule has 172 valence electrons. The highest BCUT2D eigenvalue weighted by Crippen LogP contribution is 2.17. The van der Waals surface area contributed by atoms with Crippen LogP contribution >= 0.6 is 0 Å². The fraction of sp³-hybridized carbons (Fsp3) is 0.240. The summed E-state index contributed by atoms with van der Waals surface area (Å²) in [6.45, 7) is 2.96. The molecular weight excluding hydrogens is 422 g/mol. The zero-order chi connectivity index (χ0) is 23.3. The average Bonchev–Trinajstić information content (AvgIpc) is 2.84. The van der Waals surface area contributed by atoms with Gasteiger partial charge in [0, 0.05) is 31.5 Å². The third kappa shape index (κ3) is 8.03. The normalized spacial score (nSPS) is 10.5. The van der Waals surface area contributed by atoms with Crippen molar-refractivity contribution in [2.24, 2.45) is 0 Å². The van der Waals surface area contributed by atoms with Crippen molar-refractivity contribution < 1.29 is 23.9 Å². The molecular formula is C25H27N3O5. The van der Waals surface area contributed by atoms with Gasteiger partial charge in [0.25, 0.3) is 5.91 Å². The van der Waals surface area contributed by atoms with E-state index in [1.54, 1.807) is 24.5 Å². The van der Waals surface area contributed by atoms with E-state index in [0.717, 1.165) is 16.7 Å². The zero-order valence-corrected chi connectivity index (χ0v) is 18.5. The van der Waals surface area contributed by atoms with Gasteiger partial charge in [-0.05, 0) is 41.0 Å². The van der Waals surface area contributed by atoms with Crippen molar-refractivity contribution in [2.45, 2.75) is 26.7 Å². The first-order valence-electron chi connectivity index (χ1n) is 10.6. The zero-order valence-electron chi connectivity index (χ0n) is 18.5. The number of aromatic nitrogens is 1. The Balaban J connectivity index is 1.50. The molecule has 0 saturated heterocycles.